The van der Waals surface area contributed by atoms with Crippen LogP contribution in [0, 0.1) is 27.7 Å². The van der Waals surface area contributed by atoms with Crippen molar-refractivity contribution in [3.63, 3.8) is 0 Å². The van der Waals surface area contributed by atoms with Crippen molar-refractivity contribution in [2.24, 2.45) is 0 Å². The van der Waals surface area contributed by atoms with Gasteiger partial charge in [-0.3, -0.25) is 4.79 Å². The molecule has 0 bridgehead atoms. The van der Waals surface area contributed by atoms with Gasteiger partial charge in [-0.25, -0.2) is 0 Å². The van der Waals surface area contributed by atoms with E-state index in [4.69, 9.17) is 13.9 Å². The number of methoxy groups -OCH3 is 2. The summed E-state index contributed by atoms with van der Waals surface area (Å²) in [5.74, 6) is 2.59. The first-order chi connectivity index (χ1) is 11.3. The number of ether oxygens (including phenoxy) is 2. The van der Waals surface area contributed by atoms with E-state index in [0.29, 0.717) is 22.8 Å². The molecule has 0 radical (unpaired) electrons. The van der Waals surface area contributed by atoms with Gasteiger partial charge < -0.3 is 19.2 Å². The van der Waals surface area contributed by atoms with E-state index in [-0.39, 0.29) is 11.9 Å². The molecule has 1 aromatic heterocycles. The van der Waals surface area contributed by atoms with Gasteiger partial charge in [0.1, 0.15) is 11.5 Å². The molecule has 5 heteroatoms. The van der Waals surface area contributed by atoms with Crippen LogP contribution < -0.4 is 14.8 Å². The molecule has 0 aliphatic heterocycles. The van der Waals surface area contributed by atoms with Crippen molar-refractivity contribution in [3.05, 3.63) is 45.9 Å². The summed E-state index contributed by atoms with van der Waals surface area (Å²) in [6.07, 6.45) is 0. The van der Waals surface area contributed by atoms with Crippen LogP contribution in [0.25, 0.3) is 0 Å². The molecule has 0 aliphatic carbocycles. The summed E-state index contributed by atoms with van der Waals surface area (Å²) in [7, 11) is 3.20. The number of amides is 1. The van der Waals surface area contributed by atoms with Crippen LogP contribution in [0.15, 0.2) is 16.5 Å². The first-order valence-electron chi connectivity index (χ1n) is 7.90. The first kappa shape index (κ1) is 17.9. The molecule has 130 valence electrons. The number of carbonyl (C=O) groups excluding carboxylic acids is 1. The highest BCUT2D eigenvalue weighted by molar-refractivity contribution is 5.97. The van der Waals surface area contributed by atoms with E-state index < -0.39 is 0 Å². The molecule has 1 N–H and O–H groups in total. The molecule has 1 heterocycles. The molecule has 1 aromatic carbocycles. The predicted octanol–water partition coefficient (Wildman–Crippen LogP) is 4.02. The lowest BCUT2D eigenvalue weighted by Crippen LogP contribution is -2.28. The summed E-state index contributed by atoms with van der Waals surface area (Å²) >= 11 is 0. The second kappa shape index (κ2) is 6.99. The van der Waals surface area contributed by atoms with E-state index >= 15 is 0 Å². The molecule has 2 rings (SSSR count). The van der Waals surface area contributed by atoms with Gasteiger partial charge in [0.25, 0.3) is 5.91 Å². The fourth-order valence-electron chi connectivity index (χ4n) is 2.94. The van der Waals surface area contributed by atoms with Crippen LogP contribution in [0.1, 0.15) is 51.5 Å². The highest BCUT2D eigenvalue weighted by atomic mass is 16.5. The Kier molecular flexibility index (Phi) is 5.22. The minimum Gasteiger partial charge on any atom is -0.493 e. The quantitative estimate of drug-likeness (QED) is 0.899. The summed E-state index contributed by atoms with van der Waals surface area (Å²) in [6, 6.07) is 3.64. The van der Waals surface area contributed by atoms with Gasteiger partial charge >= 0.3 is 0 Å². The highest BCUT2D eigenvalue weighted by Crippen LogP contribution is 2.33. The third kappa shape index (κ3) is 3.25. The average Bonchev–Trinajstić information content (AvgIpc) is 2.79. The second-order valence-electron chi connectivity index (χ2n) is 5.97. The van der Waals surface area contributed by atoms with Crippen LogP contribution in [0.4, 0.5) is 0 Å². The Morgan fingerprint density at radius 1 is 1.04 bits per heavy atom. The van der Waals surface area contributed by atoms with E-state index in [9.17, 15) is 4.79 Å². The third-order valence-corrected chi connectivity index (χ3v) is 4.37. The van der Waals surface area contributed by atoms with Crippen molar-refractivity contribution in [2.75, 3.05) is 14.2 Å². The normalized spacial score (nSPS) is 12.0. The fourth-order valence-corrected chi connectivity index (χ4v) is 2.94. The van der Waals surface area contributed by atoms with E-state index in [1.54, 1.807) is 21.1 Å². The van der Waals surface area contributed by atoms with Crippen molar-refractivity contribution in [1.82, 2.24) is 5.32 Å². The van der Waals surface area contributed by atoms with Crippen molar-refractivity contribution in [3.8, 4) is 11.5 Å². The minimum absolute atomic E-state index is 0.136. The minimum atomic E-state index is -0.175. The third-order valence-electron chi connectivity index (χ3n) is 4.37. The van der Waals surface area contributed by atoms with Gasteiger partial charge in [-0.05, 0) is 57.9 Å². The molecular formula is C19H25NO4. The topological polar surface area (TPSA) is 60.7 Å². The number of aryl methyl sites for hydroxylation is 3. The molecule has 0 spiro atoms. The Morgan fingerprint density at radius 3 is 2.12 bits per heavy atom. The predicted molar refractivity (Wildman–Crippen MR) is 93.1 cm³/mol. The highest BCUT2D eigenvalue weighted by Gasteiger charge is 2.21. The zero-order chi connectivity index (χ0) is 18.0. The number of carbonyl (C=O) groups is 1. The van der Waals surface area contributed by atoms with Gasteiger partial charge in [0.15, 0.2) is 11.5 Å². The van der Waals surface area contributed by atoms with Crippen LogP contribution in [0.2, 0.25) is 0 Å². The maximum absolute atomic E-state index is 12.6. The van der Waals surface area contributed by atoms with Gasteiger partial charge in [0.05, 0.1) is 25.8 Å². The molecule has 0 saturated carbocycles. The Labute approximate surface area is 143 Å². The number of benzene rings is 1. The van der Waals surface area contributed by atoms with Gasteiger partial charge in [-0.15, -0.1) is 0 Å². The second-order valence-corrected chi connectivity index (χ2v) is 5.97. The number of furan rings is 1. The summed E-state index contributed by atoms with van der Waals surface area (Å²) in [6.45, 7) is 9.50. The van der Waals surface area contributed by atoms with Gasteiger partial charge in [-0.1, -0.05) is 0 Å². The summed E-state index contributed by atoms with van der Waals surface area (Å²) in [5.41, 5.74) is 3.49. The SMILES string of the molecule is COc1cc(C)c(C(C)NC(=O)c2c(C)oc(C)c2C)cc1OC. The number of nitrogens with one attached hydrogen (secondary N) is 1. The van der Waals surface area contributed by atoms with E-state index in [1.807, 2.05) is 39.8 Å². The Morgan fingerprint density at radius 2 is 1.62 bits per heavy atom. The van der Waals surface area contributed by atoms with E-state index in [1.165, 1.54) is 0 Å². The summed E-state index contributed by atoms with van der Waals surface area (Å²) in [5, 5.41) is 3.04. The van der Waals surface area contributed by atoms with Gasteiger partial charge in [0, 0.05) is 5.56 Å². The molecular weight excluding hydrogens is 306 g/mol. The zero-order valence-corrected chi connectivity index (χ0v) is 15.4. The largest absolute Gasteiger partial charge is 0.493 e. The maximum Gasteiger partial charge on any atom is 0.255 e. The lowest BCUT2D eigenvalue weighted by Gasteiger charge is -2.19. The lowest BCUT2D eigenvalue weighted by atomic mass is 10.0. The number of hydrogen-bond donors (Lipinski definition) is 1. The average molecular weight is 331 g/mol. The molecule has 1 atom stereocenters. The van der Waals surface area contributed by atoms with Crippen molar-refractivity contribution >= 4 is 5.91 Å². The maximum atomic E-state index is 12.6. The molecule has 1 unspecified atom stereocenters. The monoisotopic (exact) mass is 331 g/mol. The Balaban J connectivity index is 2.29. The summed E-state index contributed by atoms with van der Waals surface area (Å²) in [4.78, 5) is 12.6. The van der Waals surface area contributed by atoms with Gasteiger partial charge in [0.2, 0.25) is 0 Å². The number of rotatable bonds is 5. The lowest BCUT2D eigenvalue weighted by molar-refractivity contribution is 0.0937. The summed E-state index contributed by atoms with van der Waals surface area (Å²) < 4.78 is 16.2. The number of hydrogen-bond acceptors (Lipinski definition) is 4. The van der Waals surface area contributed by atoms with Crippen LogP contribution in [0.5, 0.6) is 11.5 Å². The Hall–Kier alpha value is -2.43. The van der Waals surface area contributed by atoms with E-state index in [0.717, 1.165) is 22.5 Å². The molecule has 5 nitrogen and oxygen atoms in total. The fraction of sp³-hybridized carbons (Fsp3) is 0.421. The Bertz CT molecular complexity index is 761. The van der Waals surface area contributed by atoms with Gasteiger partial charge in [-0.2, -0.15) is 0 Å². The van der Waals surface area contributed by atoms with Crippen LogP contribution in [-0.4, -0.2) is 20.1 Å². The molecule has 0 fully saturated rings. The standard InChI is InChI=1S/C19H25NO4/c1-10-8-16(22-6)17(23-7)9-15(10)12(3)20-19(21)18-11(2)13(4)24-14(18)5/h8-9,12H,1-7H3,(H,20,21). The van der Waals surface area contributed by atoms with Crippen molar-refractivity contribution in [1.29, 1.82) is 0 Å². The van der Waals surface area contributed by atoms with Crippen LogP contribution in [0.3, 0.4) is 0 Å². The zero-order valence-electron chi connectivity index (χ0n) is 15.4. The first-order valence-corrected chi connectivity index (χ1v) is 7.90. The van der Waals surface area contributed by atoms with Crippen LogP contribution in [-0.2, 0) is 0 Å². The molecule has 2 aromatic rings. The van der Waals surface area contributed by atoms with Crippen LogP contribution >= 0.6 is 0 Å². The smallest absolute Gasteiger partial charge is 0.255 e. The van der Waals surface area contributed by atoms with Crippen molar-refractivity contribution < 1.29 is 18.7 Å². The van der Waals surface area contributed by atoms with Crippen molar-refractivity contribution in [2.45, 2.75) is 40.7 Å². The molecule has 0 aliphatic rings. The molecule has 0 saturated heterocycles. The van der Waals surface area contributed by atoms with E-state index in [2.05, 4.69) is 5.32 Å². The molecule has 1 amide bonds. The molecule has 24 heavy (non-hydrogen) atoms.